The van der Waals surface area contributed by atoms with Crippen LogP contribution in [0.4, 0.5) is 0 Å². The first-order valence-electron chi connectivity index (χ1n) is 20.1. The van der Waals surface area contributed by atoms with E-state index in [9.17, 15) is 19.0 Å². The van der Waals surface area contributed by atoms with Crippen LogP contribution >= 0.6 is 7.82 Å². The van der Waals surface area contributed by atoms with Gasteiger partial charge in [-0.25, -0.2) is 4.57 Å². The van der Waals surface area contributed by atoms with Gasteiger partial charge in [0.2, 0.25) is 0 Å². The minimum atomic E-state index is -4.60. The van der Waals surface area contributed by atoms with Gasteiger partial charge in [-0.1, -0.05) is 174 Å². The third-order valence-electron chi connectivity index (χ3n) is 8.89. The number of unbranched alkanes of at least 4 members (excludes halogenated alkanes) is 25. The van der Waals surface area contributed by atoms with Crippen LogP contribution in [0.2, 0.25) is 0 Å². The summed E-state index contributed by atoms with van der Waals surface area (Å²) in [7, 11) is -4.60. The fraction of sp³-hybridized carbons (Fsp3) is 0.947. The molecule has 0 aliphatic heterocycles. The van der Waals surface area contributed by atoms with Gasteiger partial charge in [-0.05, 0) is 12.8 Å². The molecule has 0 rings (SSSR count). The summed E-state index contributed by atoms with van der Waals surface area (Å²) in [6, 6.07) is -1.47. The van der Waals surface area contributed by atoms with Crippen LogP contribution in [0.5, 0.6) is 0 Å². The summed E-state index contributed by atoms with van der Waals surface area (Å²) in [5, 5.41) is 8.86. The number of hydrogen-bond donors (Lipinski definition) is 3. The van der Waals surface area contributed by atoms with Gasteiger partial charge < -0.3 is 25.2 Å². The number of aliphatic carboxylic acids is 1. The van der Waals surface area contributed by atoms with Crippen LogP contribution in [0.1, 0.15) is 194 Å². The second kappa shape index (κ2) is 35.4. The molecule has 3 atom stereocenters. The Kier molecular flexibility index (Phi) is 34.6. The Balaban J connectivity index is 4.18. The number of carbonyl (C=O) groups excluding carboxylic acids is 1. The summed E-state index contributed by atoms with van der Waals surface area (Å²) in [4.78, 5) is 33.3. The van der Waals surface area contributed by atoms with E-state index in [-0.39, 0.29) is 13.0 Å². The third kappa shape index (κ3) is 35.2. The number of nitrogens with two attached hydrogens (primary N) is 1. The molecule has 4 N–H and O–H groups in total. The van der Waals surface area contributed by atoms with Crippen molar-refractivity contribution in [3.05, 3.63) is 0 Å². The minimum absolute atomic E-state index is 0.0251. The smallest absolute Gasteiger partial charge is 0.472 e. The maximum atomic E-state index is 12.5. The molecule has 0 fully saturated rings. The predicted octanol–water partition coefficient (Wildman–Crippen LogP) is 10.4. The van der Waals surface area contributed by atoms with Crippen molar-refractivity contribution in [2.24, 2.45) is 5.73 Å². The van der Waals surface area contributed by atoms with Crippen LogP contribution < -0.4 is 5.73 Å². The summed E-state index contributed by atoms with van der Waals surface area (Å²) in [5.41, 5.74) is 5.34. The Bertz CT molecular complexity index is 801. The Morgan fingerprint density at radius 1 is 0.571 bits per heavy atom. The van der Waals surface area contributed by atoms with Gasteiger partial charge in [0.05, 0.1) is 19.8 Å². The fourth-order valence-corrected chi connectivity index (χ4v) is 6.50. The van der Waals surface area contributed by atoms with Gasteiger partial charge in [0, 0.05) is 13.0 Å². The number of carbonyl (C=O) groups is 2. The molecule has 0 heterocycles. The molecule has 0 amide bonds. The molecule has 0 aliphatic rings. The Hall–Kier alpha value is -1.03. The maximum absolute atomic E-state index is 12.5. The van der Waals surface area contributed by atoms with E-state index in [0.717, 1.165) is 38.5 Å². The molecule has 292 valence electrons. The Morgan fingerprint density at radius 3 is 1.35 bits per heavy atom. The number of phosphoric acid groups is 1. The topological polar surface area (TPSA) is 155 Å². The molecule has 3 unspecified atom stereocenters. The number of hydrogen-bond acceptors (Lipinski definition) is 8. The first-order chi connectivity index (χ1) is 23.7. The quantitative estimate of drug-likeness (QED) is 0.0317. The van der Waals surface area contributed by atoms with Crippen molar-refractivity contribution in [3.8, 4) is 0 Å². The molecule has 0 spiro atoms. The van der Waals surface area contributed by atoms with Crippen molar-refractivity contribution in [3.63, 3.8) is 0 Å². The fourth-order valence-electron chi connectivity index (χ4n) is 5.72. The van der Waals surface area contributed by atoms with E-state index in [1.807, 2.05) is 0 Å². The Morgan fingerprint density at radius 2 is 0.939 bits per heavy atom. The third-order valence-corrected chi connectivity index (χ3v) is 9.84. The SMILES string of the molecule is CCCCCCCCCCCCCCCCCCCOCC(COP(=O)(O)OCC(N)C(=O)O)OC(=O)CCCCCCCCCCCC. The van der Waals surface area contributed by atoms with Gasteiger partial charge in [-0.3, -0.25) is 18.6 Å². The highest BCUT2D eigenvalue weighted by molar-refractivity contribution is 7.47. The summed E-state index contributed by atoms with van der Waals surface area (Å²) in [5.74, 6) is -1.77. The molecule has 0 aromatic rings. The summed E-state index contributed by atoms with van der Waals surface area (Å²) in [6.07, 6.45) is 33.0. The first-order valence-corrected chi connectivity index (χ1v) is 21.6. The van der Waals surface area contributed by atoms with Gasteiger partial charge in [0.1, 0.15) is 12.1 Å². The van der Waals surface area contributed by atoms with Crippen LogP contribution in [0.15, 0.2) is 0 Å². The van der Waals surface area contributed by atoms with Crippen molar-refractivity contribution in [2.45, 2.75) is 206 Å². The van der Waals surface area contributed by atoms with Crippen LogP contribution in [-0.4, -0.2) is 60.5 Å². The molecule has 0 saturated heterocycles. The minimum Gasteiger partial charge on any atom is -0.480 e. The van der Waals surface area contributed by atoms with Crippen molar-refractivity contribution >= 4 is 19.8 Å². The van der Waals surface area contributed by atoms with Gasteiger partial charge >= 0.3 is 19.8 Å². The lowest BCUT2D eigenvalue weighted by molar-refractivity contribution is -0.154. The molecule has 11 heteroatoms. The number of ether oxygens (including phenoxy) is 2. The molecule has 0 aromatic heterocycles. The highest BCUT2D eigenvalue weighted by atomic mass is 31.2. The van der Waals surface area contributed by atoms with Crippen LogP contribution in [0.25, 0.3) is 0 Å². The molecule has 0 bridgehead atoms. The zero-order chi connectivity index (χ0) is 36.3. The van der Waals surface area contributed by atoms with Crippen molar-refractivity contribution in [1.29, 1.82) is 0 Å². The molecule has 0 saturated carbocycles. The van der Waals surface area contributed by atoms with Crippen LogP contribution in [-0.2, 0) is 32.7 Å². The van der Waals surface area contributed by atoms with Gasteiger partial charge in [-0.15, -0.1) is 0 Å². The number of phosphoric ester groups is 1. The Labute approximate surface area is 299 Å². The standard InChI is InChI=1S/C38H76NO9P/c1-3-5-7-9-11-13-15-16-17-18-19-20-21-23-25-27-29-31-45-32-35(33-46-49(43,44)47-34-36(39)38(41)42)48-37(40)30-28-26-24-22-14-12-10-8-6-4-2/h35-36H,3-34,39H2,1-2H3,(H,41,42)(H,43,44). The molecule has 0 radical (unpaired) electrons. The highest BCUT2D eigenvalue weighted by Gasteiger charge is 2.27. The summed E-state index contributed by atoms with van der Waals surface area (Å²) >= 11 is 0. The molecule has 10 nitrogen and oxygen atoms in total. The lowest BCUT2D eigenvalue weighted by Crippen LogP contribution is -2.34. The first kappa shape index (κ1) is 48.0. The number of rotatable bonds is 39. The van der Waals surface area contributed by atoms with E-state index in [0.29, 0.717) is 6.61 Å². The monoisotopic (exact) mass is 722 g/mol. The largest absolute Gasteiger partial charge is 0.480 e. The van der Waals surface area contributed by atoms with Crippen molar-refractivity contribution in [1.82, 2.24) is 0 Å². The lowest BCUT2D eigenvalue weighted by atomic mass is 10.0. The lowest BCUT2D eigenvalue weighted by Gasteiger charge is -2.20. The molecule has 0 aromatic carbocycles. The summed E-state index contributed by atoms with van der Waals surface area (Å²) in [6.45, 7) is 3.89. The van der Waals surface area contributed by atoms with E-state index in [2.05, 4.69) is 13.8 Å². The molecule has 0 aliphatic carbocycles. The number of carboxylic acids is 1. The maximum Gasteiger partial charge on any atom is 0.472 e. The van der Waals surface area contributed by atoms with E-state index < -0.39 is 45.1 Å². The number of carboxylic acid groups (broad SMARTS) is 1. The van der Waals surface area contributed by atoms with E-state index >= 15 is 0 Å². The van der Waals surface area contributed by atoms with E-state index in [1.165, 1.54) is 135 Å². The van der Waals surface area contributed by atoms with Crippen LogP contribution in [0, 0.1) is 0 Å². The van der Waals surface area contributed by atoms with E-state index in [4.69, 9.17) is 29.4 Å². The predicted molar refractivity (Wildman–Crippen MR) is 199 cm³/mol. The van der Waals surface area contributed by atoms with Crippen molar-refractivity contribution in [2.75, 3.05) is 26.4 Å². The summed E-state index contributed by atoms with van der Waals surface area (Å²) < 4.78 is 33.2. The molecular formula is C38H76NO9P. The normalized spacial score (nSPS) is 14.0. The second-order valence-corrected chi connectivity index (χ2v) is 15.2. The van der Waals surface area contributed by atoms with E-state index in [1.54, 1.807) is 0 Å². The van der Waals surface area contributed by atoms with Gasteiger partial charge in [-0.2, -0.15) is 0 Å². The van der Waals surface area contributed by atoms with Gasteiger partial charge in [0.25, 0.3) is 0 Å². The zero-order valence-electron chi connectivity index (χ0n) is 31.6. The highest BCUT2D eigenvalue weighted by Crippen LogP contribution is 2.43. The molecular weight excluding hydrogens is 645 g/mol. The van der Waals surface area contributed by atoms with Gasteiger partial charge in [0.15, 0.2) is 0 Å². The molecule has 49 heavy (non-hydrogen) atoms. The zero-order valence-corrected chi connectivity index (χ0v) is 32.5. The van der Waals surface area contributed by atoms with Crippen molar-refractivity contribution < 1.29 is 42.7 Å². The average molecular weight is 722 g/mol. The average Bonchev–Trinajstić information content (AvgIpc) is 3.07. The number of esters is 1. The van der Waals surface area contributed by atoms with Crippen LogP contribution in [0.3, 0.4) is 0 Å². The second-order valence-electron chi connectivity index (χ2n) is 13.8.